The molecular weight excluding hydrogens is 410 g/mol. The van der Waals surface area contributed by atoms with Crippen molar-refractivity contribution in [3.63, 3.8) is 0 Å². The van der Waals surface area contributed by atoms with Crippen molar-refractivity contribution in [2.45, 2.75) is 13.0 Å². The molecule has 8 nitrogen and oxygen atoms in total. The zero-order chi connectivity index (χ0) is 22.0. The van der Waals surface area contributed by atoms with Crippen LogP contribution in [0.25, 0.3) is 11.3 Å². The van der Waals surface area contributed by atoms with Gasteiger partial charge in [0.1, 0.15) is 0 Å². The normalized spacial score (nSPS) is 12.8. The lowest BCUT2D eigenvalue weighted by Gasteiger charge is -2.16. The third kappa shape index (κ3) is 4.09. The molecule has 3 aromatic heterocycles. The smallest absolute Gasteiger partial charge is 0.272 e. The number of ether oxygens (including phenoxy) is 3. The van der Waals surface area contributed by atoms with E-state index in [9.17, 15) is 13.6 Å². The van der Waals surface area contributed by atoms with Gasteiger partial charge in [-0.3, -0.25) is 9.78 Å². The lowest BCUT2D eigenvalue weighted by atomic mass is 10.1. The number of carbonyl (C=O) groups is 1. The Labute approximate surface area is 176 Å². The summed E-state index contributed by atoms with van der Waals surface area (Å²) in [5.41, 5.74) is 2.86. The predicted molar refractivity (Wildman–Crippen MR) is 107 cm³/mol. The lowest BCUT2D eigenvalue weighted by Crippen LogP contribution is -2.23. The van der Waals surface area contributed by atoms with Crippen molar-refractivity contribution in [3.8, 4) is 28.8 Å². The largest absolute Gasteiger partial charge is 0.491 e. The van der Waals surface area contributed by atoms with Crippen molar-refractivity contribution in [2.75, 3.05) is 25.7 Å². The first-order valence-electron chi connectivity index (χ1n) is 9.27. The molecule has 0 N–H and O–H groups in total. The van der Waals surface area contributed by atoms with Crippen molar-refractivity contribution in [1.82, 2.24) is 15.0 Å². The monoisotopic (exact) mass is 428 g/mol. The molecule has 3 aromatic rings. The highest BCUT2D eigenvalue weighted by molar-refractivity contribution is 6.09. The molecule has 0 aliphatic carbocycles. The van der Waals surface area contributed by atoms with E-state index in [1.54, 1.807) is 30.5 Å². The maximum absolute atomic E-state index is 12.9. The number of carbonyl (C=O) groups excluding carboxylic acids is 1. The molecule has 0 saturated heterocycles. The molecule has 1 aliphatic heterocycles. The third-order valence-corrected chi connectivity index (χ3v) is 4.67. The number of aromatic nitrogens is 3. The molecule has 0 radical (unpaired) electrons. The predicted octanol–water partition coefficient (Wildman–Crippen LogP) is 3.36. The summed E-state index contributed by atoms with van der Waals surface area (Å²) in [6, 6.07) is 8.24. The lowest BCUT2D eigenvalue weighted by molar-refractivity contribution is 0.0795. The summed E-state index contributed by atoms with van der Waals surface area (Å²) < 4.78 is 40.2. The summed E-state index contributed by atoms with van der Waals surface area (Å²) >= 11 is 0. The number of pyridine rings is 3. The SMILES string of the molecule is COc1cc(-c2ccc3c(n2)CN(c2ccnc(OCC(F)F)c2)C3=O)cnc1OC. The quantitative estimate of drug-likeness (QED) is 0.570. The van der Waals surface area contributed by atoms with Gasteiger partial charge < -0.3 is 19.1 Å². The van der Waals surface area contributed by atoms with Gasteiger partial charge in [-0.15, -0.1) is 0 Å². The summed E-state index contributed by atoms with van der Waals surface area (Å²) in [7, 11) is 3.02. The van der Waals surface area contributed by atoms with Crippen molar-refractivity contribution in [3.05, 3.63) is 54.0 Å². The van der Waals surface area contributed by atoms with Crippen molar-refractivity contribution in [2.24, 2.45) is 0 Å². The minimum atomic E-state index is -2.61. The second-order valence-corrected chi connectivity index (χ2v) is 6.57. The van der Waals surface area contributed by atoms with Gasteiger partial charge in [0.05, 0.1) is 43.4 Å². The number of amides is 1. The second-order valence-electron chi connectivity index (χ2n) is 6.57. The molecule has 0 fully saturated rings. The molecule has 0 bridgehead atoms. The first-order chi connectivity index (χ1) is 15.0. The van der Waals surface area contributed by atoms with Gasteiger partial charge in [0.2, 0.25) is 5.88 Å². The molecule has 1 amide bonds. The van der Waals surface area contributed by atoms with E-state index in [1.165, 1.54) is 31.4 Å². The Morgan fingerprint density at radius 3 is 2.71 bits per heavy atom. The van der Waals surface area contributed by atoms with Crippen LogP contribution in [0.2, 0.25) is 0 Å². The van der Waals surface area contributed by atoms with Crippen LogP contribution < -0.4 is 19.1 Å². The molecule has 0 unspecified atom stereocenters. The average Bonchev–Trinajstić information content (AvgIpc) is 3.13. The van der Waals surface area contributed by atoms with E-state index >= 15 is 0 Å². The molecule has 0 saturated carbocycles. The molecule has 0 spiro atoms. The van der Waals surface area contributed by atoms with Crippen LogP contribution in [0.5, 0.6) is 17.5 Å². The molecule has 10 heteroatoms. The Balaban J connectivity index is 1.60. The van der Waals surface area contributed by atoms with Crippen LogP contribution in [0.4, 0.5) is 14.5 Å². The first-order valence-corrected chi connectivity index (χ1v) is 9.27. The number of rotatable bonds is 7. The van der Waals surface area contributed by atoms with Crippen LogP contribution in [0.15, 0.2) is 42.7 Å². The van der Waals surface area contributed by atoms with Gasteiger partial charge in [-0.2, -0.15) is 0 Å². The fourth-order valence-corrected chi connectivity index (χ4v) is 3.22. The molecule has 4 heterocycles. The van der Waals surface area contributed by atoms with Gasteiger partial charge in [0.15, 0.2) is 12.4 Å². The summed E-state index contributed by atoms with van der Waals surface area (Å²) in [4.78, 5) is 27.1. The molecular formula is C21H18F2N4O4. The highest BCUT2D eigenvalue weighted by Gasteiger charge is 2.30. The topological polar surface area (TPSA) is 86.7 Å². The van der Waals surface area contributed by atoms with E-state index in [2.05, 4.69) is 15.0 Å². The summed E-state index contributed by atoms with van der Waals surface area (Å²) in [5.74, 6) is 0.599. The highest BCUT2D eigenvalue weighted by atomic mass is 19.3. The molecule has 1 aliphatic rings. The van der Waals surface area contributed by atoms with Gasteiger partial charge >= 0.3 is 0 Å². The Morgan fingerprint density at radius 2 is 1.97 bits per heavy atom. The van der Waals surface area contributed by atoms with Crippen LogP contribution >= 0.6 is 0 Å². The Bertz CT molecular complexity index is 1130. The zero-order valence-electron chi connectivity index (χ0n) is 16.7. The van der Waals surface area contributed by atoms with Gasteiger partial charge in [-0.05, 0) is 24.3 Å². The zero-order valence-corrected chi connectivity index (χ0v) is 16.7. The average molecular weight is 428 g/mol. The van der Waals surface area contributed by atoms with E-state index in [0.29, 0.717) is 39.8 Å². The number of halogens is 2. The van der Waals surface area contributed by atoms with E-state index in [4.69, 9.17) is 14.2 Å². The first kappa shape index (κ1) is 20.5. The molecule has 0 atom stereocenters. The van der Waals surface area contributed by atoms with E-state index in [0.717, 1.165) is 0 Å². The number of anilines is 1. The Kier molecular flexibility index (Phi) is 5.61. The van der Waals surface area contributed by atoms with Gasteiger partial charge in [-0.1, -0.05) is 0 Å². The molecule has 4 rings (SSSR count). The van der Waals surface area contributed by atoms with Crippen LogP contribution in [0.3, 0.4) is 0 Å². The minimum Gasteiger partial charge on any atom is -0.491 e. The number of nitrogens with zero attached hydrogens (tertiary/aromatic N) is 4. The Hall–Kier alpha value is -3.82. The van der Waals surface area contributed by atoms with Crippen LogP contribution in [-0.2, 0) is 6.54 Å². The number of alkyl halides is 2. The van der Waals surface area contributed by atoms with Crippen molar-refractivity contribution in [1.29, 1.82) is 0 Å². The Morgan fingerprint density at radius 1 is 1.13 bits per heavy atom. The summed E-state index contributed by atoms with van der Waals surface area (Å²) in [5, 5.41) is 0. The molecule has 31 heavy (non-hydrogen) atoms. The fraction of sp³-hybridized carbons (Fsp3) is 0.238. The minimum absolute atomic E-state index is 0.0200. The summed E-state index contributed by atoms with van der Waals surface area (Å²) in [6.07, 6.45) is 0.401. The van der Waals surface area contributed by atoms with E-state index in [1.807, 2.05) is 0 Å². The van der Waals surface area contributed by atoms with Crippen molar-refractivity contribution < 1.29 is 27.8 Å². The number of methoxy groups -OCH3 is 2. The molecule has 160 valence electrons. The molecule has 0 aromatic carbocycles. The maximum atomic E-state index is 12.9. The van der Waals surface area contributed by atoms with Crippen LogP contribution in [-0.4, -0.2) is 48.1 Å². The number of hydrogen-bond acceptors (Lipinski definition) is 7. The maximum Gasteiger partial charge on any atom is 0.272 e. The third-order valence-electron chi connectivity index (χ3n) is 4.67. The van der Waals surface area contributed by atoms with Crippen LogP contribution in [0, 0.1) is 0 Å². The van der Waals surface area contributed by atoms with E-state index < -0.39 is 13.0 Å². The van der Waals surface area contributed by atoms with Gasteiger partial charge in [0, 0.05) is 24.0 Å². The van der Waals surface area contributed by atoms with Gasteiger partial charge in [-0.25, -0.2) is 18.7 Å². The number of fused-ring (bicyclic) bond motifs is 1. The fourth-order valence-electron chi connectivity index (χ4n) is 3.22. The van der Waals surface area contributed by atoms with Crippen LogP contribution in [0.1, 0.15) is 16.1 Å². The van der Waals surface area contributed by atoms with Crippen molar-refractivity contribution >= 4 is 11.6 Å². The summed E-state index contributed by atoms with van der Waals surface area (Å²) in [6.45, 7) is -0.546. The highest BCUT2D eigenvalue weighted by Crippen LogP contribution is 2.33. The second kappa shape index (κ2) is 8.50. The number of hydrogen-bond donors (Lipinski definition) is 0. The van der Waals surface area contributed by atoms with Gasteiger partial charge in [0.25, 0.3) is 18.2 Å². The van der Waals surface area contributed by atoms with E-state index in [-0.39, 0.29) is 18.3 Å². The standard InChI is InChI=1S/C21H18F2N4O4/c1-29-17-7-12(9-25-20(17)30-2)15-4-3-14-16(26-15)10-27(21(14)28)13-5-6-24-19(8-13)31-11-18(22)23/h3-9,18H,10-11H2,1-2H3.